The van der Waals surface area contributed by atoms with Gasteiger partial charge in [-0.15, -0.1) is 0 Å². The quantitative estimate of drug-likeness (QED) is 0.725. The molecule has 1 rings (SSSR count). The van der Waals surface area contributed by atoms with E-state index in [0.717, 1.165) is 0 Å². The van der Waals surface area contributed by atoms with Gasteiger partial charge in [0.05, 0.1) is 0 Å². The summed E-state index contributed by atoms with van der Waals surface area (Å²) < 4.78 is 4.46. The van der Waals surface area contributed by atoms with Crippen LogP contribution in [0, 0.1) is 0 Å². The average Bonchev–Trinajstić information content (AvgIpc) is 2.16. The Bertz CT molecular complexity index is 303. The van der Waals surface area contributed by atoms with Gasteiger partial charge in [0.2, 0.25) is 0 Å². The van der Waals surface area contributed by atoms with E-state index in [4.69, 9.17) is 0 Å². The van der Waals surface area contributed by atoms with Gasteiger partial charge in [-0.3, -0.25) is 0 Å². The number of nitrogens with zero attached hydrogens (tertiary/aromatic N) is 1. The molecule has 0 radical (unpaired) electrons. The van der Waals surface area contributed by atoms with Gasteiger partial charge in [0.15, 0.2) is 0 Å². The fraction of sp³-hybridized carbons (Fsp3) is 0.500. The van der Waals surface area contributed by atoms with Crippen LogP contribution in [0.25, 0.3) is 0 Å². The van der Waals surface area contributed by atoms with Crippen LogP contribution in [0.3, 0.4) is 0 Å². The van der Waals surface area contributed by atoms with Gasteiger partial charge in [0.1, 0.15) is 0 Å². The van der Waals surface area contributed by atoms with E-state index in [-0.39, 0.29) is 0 Å². The third-order valence-corrected chi connectivity index (χ3v) is 2.93. The van der Waals surface area contributed by atoms with Gasteiger partial charge < -0.3 is 0 Å². The van der Waals surface area contributed by atoms with E-state index >= 15 is 0 Å². The molecule has 0 heterocycles. The van der Waals surface area contributed by atoms with Gasteiger partial charge in [-0.1, -0.05) is 0 Å². The molecular weight excluding hydrogens is 251 g/mol. The van der Waals surface area contributed by atoms with Crippen molar-refractivity contribution in [3.63, 3.8) is 0 Å². The molecule has 1 aromatic carbocycles. The molecule has 0 aliphatic heterocycles. The van der Waals surface area contributed by atoms with Gasteiger partial charge in [-0.2, -0.15) is 0 Å². The fourth-order valence-corrected chi connectivity index (χ4v) is 2.19. The maximum absolute atomic E-state index is 4.46. The number of hydrogen-bond donors (Lipinski definition) is 0. The summed E-state index contributed by atoms with van der Waals surface area (Å²) in [5.41, 5.74) is 3.96. The predicted molar refractivity (Wildman–Crippen MR) is 56.7 cm³/mol. The van der Waals surface area contributed by atoms with Crippen molar-refractivity contribution in [2.75, 3.05) is 0 Å². The Morgan fingerprint density at radius 3 is 1.71 bits per heavy atom. The van der Waals surface area contributed by atoms with Crippen LogP contribution in [0.1, 0.15) is 50.7 Å². The molecule has 0 atom stereocenters. The van der Waals surface area contributed by atoms with Crippen LogP contribution < -0.4 is 0 Å². The predicted octanol–water partition coefficient (Wildman–Crippen LogP) is 4.30. The van der Waals surface area contributed by atoms with Gasteiger partial charge in [-0.25, -0.2) is 0 Å². The van der Waals surface area contributed by atoms with Gasteiger partial charge in [0.25, 0.3) is 0 Å². The first kappa shape index (κ1) is 11.8. The molecule has 0 N–H and O–H groups in total. The monoisotopic (exact) mass is 268 g/mol. The Labute approximate surface area is 98.7 Å². The van der Waals surface area contributed by atoms with Crippen molar-refractivity contribution in [3.8, 4) is 0 Å². The summed E-state index contributed by atoms with van der Waals surface area (Å²) in [4.78, 5) is 0. The number of hydrogen-bond acceptors (Lipinski definition) is 1. The van der Waals surface area contributed by atoms with Crippen LogP contribution in [0.4, 0.5) is 5.69 Å². The second kappa shape index (κ2) is 5.01. The molecule has 0 bridgehead atoms. The summed E-state index contributed by atoms with van der Waals surface area (Å²) in [6, 6.07) is 6.52. The van der Waals surface area contributed by atoms with Crippen LogP contribution in [-0.4, -0.2) is 0 Å². The summed E-state index contributed by atoms with van der Waals surface area (Å²) in [6.45, 7) is 8.89. The Balaban J connectivity index is 3.32. The Hall–Kier alpha value is -0.240. The van der Waals surface area contributed by atoms with E-state index in [9.17, 15) is 0 Å². The average molecular weight is 268 g/mol. The van der Waals surface area contributed by atoms with Crippen molar-refractivity contribution in [1.82, 2.24) is 0 Å². The molecule has 1 nitrogen and oxygen atoms in total. The molecule has 2 heteroatoms. The summed E-state index contributed by atoms with van der Waals surface area (Å²) in [6.07, 6.45) is 0. The molecule has 0 aliphatic rings. The standard InChI is InChI=1S/C12H17N.Nb/c1-8(2)10-6-5-7-11(9(3)4)12(10)13;/h5-9H,1-4H3;. The Morgan fingerprint density at radius 1 is 1.00 bits per heavy atom. The molecule has 14 heavy (non-hydrogen) atoms. The van der Waals surface area contributed by atoms with Crippen molar-refractivity contribution >= 4 is 5.69 Å². The second-order valence-electron chi connectivity index (χ2n) is 4.19. The zero-order valence-electron chi connectivity index (χ0n) is 9.28. The zero-order chi connectivity index (χ0) is 10.7. The maximum atomic E-state index is 4.46. The first-order chi connectivity index (χ1) is 6.57. The van der Waals surface area contributed by atoms with E-state index in [1.165, 1.54) is 37.7 Å². The molecule has 1 aromatic rings. The Morgan fingerprint density at radius 2 is 1.43 bits per heavy atom. The minimum absolute atomic E-state index is 0.557. The third-order valence-electron chi connectivity index (χ3n) is 2.44. The van der Waals surface area contributed by atoms with Crippen LogP contribution in [0.2, 0.25) is 0 Å². The molecular formula is C12H17NNb. The van der Waals surface area contributed by atoms with Crippen LogP contribution in [0.5, 0.6) is 0 Å². The summed E-state index contributed by atoms with van der Waals surface area (Å²) in [5.74, 6) is 1.11. The molecule has 0 saturated heterocycles. The van der Waals surface area contributed by atoms with Crippen LogP contribution in [0.15, 0.2) is 21.5 Å². The molecule has 75 valence electrons. The molecule has 0 spiro atoms. The van der Waals surface area contributed by atoms with Crippen molar-refractivity contribution in [3.05, 3.63) is 29.3 Å². The van der Waals surface area contributed by atoms with Gasteiger partial charge >= 0.3 is 98.8 Å². The Kier molecular flexibility index (Phi) is 4.24. The van der Waals surface area contributed by atoms with E-state index < -0.39 is 0 Å². The zero-order valence-corrected chi connectivity index (χ0v) is 11.5. The first-order valence-corrected chi connectivity index (χ1v) is 6.04. The SMILES string of the molecule is CC(C)c1cccc(C(C)C)c1[N]=[Nb]. The summed E-state index contributed by atoms with van der Waals surface area (Å²) >= 11 is 1.53. The van der Waals surface area contributed by atoms with Crippen LogP contribution >= 0.6 is 0 Å². The first-order valence-electron chi connectivity index (χ1n) is 5.05. The van der Waals surface area contributed by atoms with Gasteiger partial charge in [0, 0.05) is 0 Å². The topological polar surface area (TPSA) is 12.4 Å². The minimum atomic E-state index is 0.557. The van der Waals surface area contributed by atoms with Gasteiger partial charge in [-0.05, 0) is 0 Å². The molecule has 0 fully saturated rings. The number of benzene rings is 1. The third kappa shape index (κ3) is 2.41. The number of rotatable bonds is 3. The molecule has 0 unspecified atom stereocenters. The van der Waals surface area contributed by atoms with Crippen molar-refractivity contribution in [2.24, 2.45) is 3.34 Å². The van der Waals surface area contributed by atoms with E-state index in [2.05, 4.69) is 49.2 Å². The second-order valence-corrected chi connectivity index (χ2v) is 4.69. The molecule has 0 aromatic heterocycles. The summed E-state index contributed by atoms with van der Waals surface area (Å²) in [7, 11) is 0. The van der Waals surface area contributed by atoms with E-state index in [0.29, 0.717) is 11.8 Å². The van der Waals surface area contributed by atoms with Crippen LogP contribution in [-0.2, 0) is 20.9 Å². The van der Waals surface area contributed by atoms with Crippen molar-refractivity contribution in [1.29, 1.82) is 0 Å². The fourth-order valence-electron chi connectivity index (χ4n) is 1.63. The van der Waals surface area contributed by atoms with Crippen molar-refractivity contribution in [2.45, 2.75) is 39.5 Å². The van der Waals surface area contributed by atoms with E-state index in [1.807, 2.05) is 0 Å². The molecule has 0 aliphatic carbocycles. The van der Waals surface area contributed by atoms with Crippen molar-refractivity contribution < 1.29 is 20.9 Å². The normalized spacial score (nSPS) is 10.9. The summed E-state index contributed by atoms with van der Waals surface area (Å²) in [5, 5.41) is 0. The molecule has 0 saturated carbocycles. The molecule has 0 amide bonds. The van der Waals surface area contributed by atoms with E-state index in [1.54, 1.807) is 0 Å².